The van der Waals surface area contributed by atoms with Gasteiger partial charge < -0.3 is 4.74 Å². The van der Waals surface area contributed by atoms with Crippen molar-refractivity contribution in [3.05, 3.63) is 23.5 Å². The average Bonchev–Trinajstić information content (AvgIpc) is 1.98. The molecule has 0 amide bonds. The lowest BCUT2D eigenvalue weighted by atomic mass is 10.2. The molecule has 0 aliphatic rings. The molecule has 0 saturated heterocycles. The van der Waals surface area contributed by atoms with Gasteiger partial charge in [-0.15, -0.1) is 0 Å². The minimum atomic E-state index is 0.699. The maximum Gasteiger partial charge on any atom is 0.137 e. The molecule has 11 heavy (non-hydrogen) atoms. The van der Waals surface area contributed by atoms with Gasteiger partial charge >= 0.3 is 0 Å². The van der Waals surface area contributed by atoms with Crippen LogP contribution in [0.3, 0.4) is 0 Å². The number of hydrogen-bond donors (Lipinski definition) is 0. The zero-order valence-electron chi connectivity index (χ0n) is 7.22. The van der Waals surface area contributed by atoms with E-state index in [1.165, 1.54) is 5.56 Å². The zero-order valence-corrected chi connectivity index (χ0v) is 7.22. The van der Waals surface area contributed by atoms with Gasteiger partial charge in [-0.2, -0.15) is 0 Å². The predicted molar refractivity (Wildman–Crippen MR) is 44.9 cm³/mol. The molecule has 1 heterocycles. The SMILES string of the molecule is CCOc1cnc(C)c(C)c1. The summed E-state index contributed by atoms with van der Waals surface area (Å²) in [6, 6.07) is 2.01. The number of aryl methyl sites for hydroxylation is 2. The predicted octanol–water partition coefficient (Wildman–Crippen LogP) is 2.10. The van der Waals surface area contributed by atoms with Crippen molar-refractivity contribution in [3.63, 3.8) is 0 Å². The van der Waals surface area contributed by atoms with E-state index in [4.69, 9.17) is 4.74 Å². The normalized spacial score (nSPS) is 9.73. The van der Waals surface area contributed by atoms with Crippen LogP contribution < -0.4 is 4.74 Å². The Balaban J connectivity index is 2.86. The number of aromatic nitrogens is 1. The molecule has 0 atom stereocenters. The number of ether oxygens (including phenoxy) is 1. The van der Waals surface area contributed by atoms with Crippen LogP contribution in [-0.4, -0.2) is 11.6 Å². The van der Waals surface area contributed by atoms with Crippen molar-refractivity contribution in [2.45, 2.75) is 20.8 Å². The molecule has 0 aliphatic heterocycles. The fourth-order valence-corrected chi connectivity index (χ4v) is 0.863. The minimum Gasteiger partial charge on any atom is -0.492 e. The van der Waals surface area contributed by atoms with Crippen LogP contribution >= 0.6 is 0 Å². The van der Waals surface area contributed by atoms with Gasteiger partial charge in [-0.25, -0.2) is 0 Å². The van der Waals surface area contributed by atoms with Crippen LogP contribution in [0.2, 0.25) is 0 Å². The summed E-state index contributed by atoms with van der Waals surface area (Å²) in [5.74, 6) is 0.857. The molecule has 1 aromatic heterocycles. The minimum absolute atomic E-state index is 0.699. The van der Waals surface area contributed by atoms with Gasteiger partial charge in [-0.3, -0.25) is 4.98 Å². The summed E-state index contributed by atoms with van der Waals surface area (Å²) in [6.07, 6.45) is 1.76. The molecule has 0 aliphatic carbocycles. The van der Waals surface area contributed by atoms with Gasteiger partial charge in [0.05, 0.1) is 12.8 Å². The summed E-state index contributed by atoms with van der Waals surface area (Å²) < 4.78 is 5.28. The maximum atomic E-state index is 5.28. The van der Waals surface area contributed by atoms with E-state index in [-0.39, 0.29) is 0 Å². The molecule has 60 valence electrons. The molecule has 0 saturated carbocycles. The van der Waals surface area contributed by atoms with Crippen molar-refractivity contribution < 1.29 is 4.74 Å². The Morgan fingerprint density at radius 3 is 2.73 bits per heavy atom. The Bertz CT molecular complexity index is 245. The Labute approximate surface area is 67.2 Å². The van der Waals surface area contributed by atoms with Crippen molar-refractivity contribution >= 4 is 0 Å². The monoisotopic (exact) mass is 151 g/mol. The van der Waals surface area contributed by atoms with E-state index in [2.05, 4.69) is 4.98 Å². The molecular weight excluding hydrogens is 138 g/mol. The molecule has 1 aromatic rings. The average molecular weight is 151 g/mol. The maximum absolute atomic E-state index is 5.28. The third-order valence-electron chi connectivity index (χ3n) is 1.63. The summed E-state index contributed by atoms with van der Waals surface area (Å²) in [4.78, 5) is 4.17. The van der Waals surface area contributed by atoms with Crippen LogP contribution in [-0.2, 0) is 0 Å². The highest BCUT2D eigenvalue weighted by Gasteiger charge is 1.95. The van der Waals surface area contributed by atoms with Gasteiger partial charge in [0.15, 0.2) is 0 Å². The number of nitrogens with zero attached hydrogens (tertiary/aromatic N) is 1. The van der Waals surface area contributed by atoms with Crippen LogP contribution in [0.5, 0.6) is 5.75 Å². The van der Waals surface area contributed by atoms with Gasteiger partial charge in [0, 0.05) is 5.69 Å². The molecule has 0 N–H and O–H groups in total. The molecule has 0 fully saturated rings. The second-order valence-corrected chi connectivity index (χ2v) is 2.51. The molecule has 0 bridgehead atoms. The second-order valence-electron chi connectivity index (χ2n) is 2.51. The highest BCUT2D eigenvalue weighted by molar-refractivity contribution is 5.27. The first-order valence-electron chi connectivity index (χ1n) is 3.80. The van der Waals surface area contributed by atoms with Crippen molar-refractivity contribution in [2.24, 2.45) is 0 Å². The topological polar surface area (TPSA) is 22.1 Å². The van der Waals surface area contributed by atoms with Gasteiger partial charge in [0.2, 0.25) is 0 Å². The van der Waals surface area contributed by atoms with E-state index in [0.717, 1.165) is 11.4 Å². The Hall–Kier alpha value is -1.05. The first kappa shape index (κ1) is 8.05. The van der Waals surface area contributed by atoms with E-state index < -0.39 is 0 Å². The molecule has 0 aromatic carbocycles. The lowest BCUT2D eigenvalue weighted by Gasteiger charge is -2.04. The van der Waals surface area contributed by atoms with Gasteiger partial charge in [-0.05, 0) is 32.4 Å². The van der Waals surface area contributed by atoms with Crippen LogP contribution in [0.4, 0.5) is 0 Å². The molecule has 2 nitrogen and oxygen atoms in total. The van der Waals surface area contributed by atoms with Crippen LogP contribution in [0, 0.1) is 13.8 Å². The van der Waals surface area contributed by atoms with E-state index >= 15 is 0 Å². The van der Waals surface area contributed by atoms with Crippen molar-refractivity contribution in [1.29, 1.82) is 0 Å². The van der Waals surface area contributed by atoms with E-state index in [0.29, 0.717) is 6.61 Å². The number of pyridine rings is 1. The van der Waals surface area contributed by atoms with Gasteiger partial charge in [0.1, 0.15) is 5.75 Å². The van der Waals surface area contributed by atoms with Crippen molar-refractivity contribution in [1.82, 2.24) is 4.98 Å². The lowest BCUT2D eigenvalue weighted by molar-refractivity contribution is 0.338. The van der Waals surface area contributed by atoms with Crippen LogP contribution in [0.15, 0.2) is 12.3 Å². The first-order chi connectivity index (χ1) is 5.24. The number of rotatable bonds is 2. The third-order valence-corrected chi connectivity index (χ3v) is 1.63. The first-order valence-corrected chi connectivity index (χ1v) is 3.80. The van der Waals surface area contributed by atoms with Gasteiger partial charge in [0.25, 0.3) is 0 Å². The van der Waals surface area contributed by atoms with E-state index in [9.17, 15) is 0 Å². The van der Waals surface area contributed by atoms with E-state index in [1.807, 2.05) is 26.8 Å². The fourth-order valence-electron chi connectivity index (χ4n) is 0.863. The highest BCUT2D eigenvalue weighted by Crippen LogP contribution is 2.12. The van der Waals surface area contributed by atoms with E-state index in [1.54, 1.807) is 6.20 Å². The molecule has 0 spiro atoms. The third kappa shape index (κ3) is 1.93. The standard InChI is InChI=1S/C9H13NO/c1-4-11-9-5-7(2)8(3)10-6-9/h5-6H,4H2,1-3H3. The van der Waals surface area contributed by atoms with Gasteiger partial charge in [-0.1, -0.05) is 0 Å². The summed E-state index contributed by atoms with van der Waals surface area (Å²) in [6.45, 7) is 6.69. The number of hydrogen-bond acceptors (Lipinski definition) is 2. The summed E-state index contributed by atoms with van der Waals surface area (Å²) in [5, 5.41) is 0. The van der Waals surface area contributed by atoms with Crippen molar-refractivity contribution in [2.75, 3.05) is 6.61 Å². The molecule has 2 heteroatoms. The summed E-state index contributed by atoms with van der Waals surface area (Å²) >= 11 is 0. The molecule has 1 rings (SSSR count). The fraction of sp³-hybridized carbons (Fsp3) is 0.444. The quantitative estimate of drug-likeness (QED) is 0.645. The molecule has 0 radical (unpaired) electrons. The van der Waals surface area contributed by atoms with Crippen LogP contribution in [0.1, 0.15) is 18.2 Å². The second kappa shape index (κ2) is 3.37. The van der Waals surface area contributed by atoms with Crippen LogP contribution in [0.25, 0.3) is 0 Å². The smallest absolute Gasteiger partial charge is 0.137 e. The Morgan fingerprint density at radius 1 is 1.45 bits per heavy atom. The summed E-state index contributed by atoms with van der Waals surface area (Å²) in [5.41, 5.74) is 2.24. The lowest BCUT2D eigenvalue weighted by Crippen LogP contribution is -1.94. The Morgan fingerprint density at radius 2 is 2.18 bits per heavy atom. The Kier molecular flexibility index (Phi) is 2.47. The molecule has 0 unspecified atom stereocenters. The highest BCUT2D eigenvalue weighted by atomic mass is 16.5. The largest absolute Gasteiger partial charge is 0.492 e. The zero-order chi connectivity index (χ0) is 8.27. The van der Waals surface area contributed by atoms with Crippen molar-refractivity contribution in [3.8, 4) is 5.75 Å². The molecular formula is C9H13NO. The summed E-state index contributed by atoms with van der Waals surface area (Å²) in [7, 11) is 0.